The van der Waals surface area contributed by atoms with Crippen LogP contribution in [0, 0.1) is 0 Å². The molecular formula is C14H21NO2. The molecule has 3 heteroatoms. The molecule has 0 saturated carbocycles. The number of hydrogen-bond acceptors (Lipinski definition) is 3. The van der Waals surface area contributed by atoms with E-state index in [9.17, 15) is 5.11 Å². The molecule has 94 valence electrons. The van der Waals surface area contributed by atoms with Gasteiger partial charge in [-0.05, 0) is 55.9 Å². The predicted molar refractivity (Wildman–Crippen MR) is 68.1 cm³/mol. The van der Waals surface area contributed by atoms with E-state index >= 15 is 0 Å². The minimum atomic E-state index is 0.265. The number of phenolic OH excluding ortho intramolecular Hbond substituents is 1. The fourth-order valence-electron chi connectivity index (χ4n) is 2.60. The topological polar surface area (TPSA) is 52.5 Å². The first-order valence-electron chi connectivity index (χ1n) is 6.39. The van der Waals surface area contributed by atoms with Crippen LogP contribution in [0.4, 0.5) is 0 Å². The number of aryl methyl sites for hydroxylation is 1. The van der Waals surface area contributed by atoms with Crippen molar-refractivity contribution in [2.24, 2.45) is 0 Å². The van der Waals surface area contributed by atoms with Gasteiger partial charge in [-0.3, -0.25) is 0 Å². The Balaban J connectivity index is 1.97. The maximum Gasteiger partial charge on any atom is 0.115 e. The lowest BCUT2D eigenvalue weighted by Gasteiger charge is -2.20. The monoisotopic (exact) mass is 235 g/mol. The molecule has 0 amide bonds. The first-order valence-corrected chi connectivity index (χ1v) is 6.39. The number of aliphatic hydroxyl groups excluding tert-OH is 1. The van der Waals surface area contributed by atoms with Crippen LogP contribution in [0.2, 0.25) is 0 Å². The molecule has 0 aromatic heterocycles. The highest BCUT2D eigenvalue weighted by atomic mass is 16.3. The van der Waals surface area contributed by atoms with Crippen LogP contribution in [0.15, 0.2) is 18.2 Å². The van der Waals surface area contributed by atoms with Gasteiger partial charge < -0.3 is 15.5 Å². The lowest BCUT2D eigenvalue weighted by atomic mass is 10.1. The highest BCUT2D eigenvalue weighted by Gasteiger charge is 2.23. The van der Waals surface area contributed by atoms with Gasteiger partial charge in [0.2, 0.25) is 0 Å². The minimum Gasteiger partial charge on any atom is -0.508 e. The number of aromatic hydroxyl groups is 1. The van der Waals surface area contributed by atoms with E-state index in [4.69, 9.17) is 5.11 Å². The Hall–Kier alpha value is -1.06. The van der Waals surface area contributed by atoms with Crippen molar-refractivity contribution in [3.63, 3.8) is 0 Å². The summed E-state index contributed by atoms with van der Waals surface area (Å²) in [7, 11) is 0. The second-order valence-electron chi connectivity index (χ2n) is 4.91. The van der Waals surface area contributed by atoms with Gasteiger partial charge in [0, 0.05) is 18.7 Å². The smallest absolute Gasteiger partial charge is 0.115 e. The molecular weight excluding hydrogens is 214 g/mol. The van der Waals surface area contributed by atoms with Gasteiger partial charge in [-0.25, -0.2) is 0 Å². The van der Waals surface area contributed by atoms with Crippen LogP contribution < -0.4 is 5.32 Å². The van der Waals surface area contributed by atoms with Gasteiger partial charge in [-0.15, -0.1) is 0 Å². The van der Waals surface area contributed by atoms with Gasteiger partial charge in [0.05, 0.1) is 0 Å². The lowest BCUT2D eigenvalue weighted by Crippen LogP contribution is -2.29. The number of nitrogens with one attached hydrogen (secondary N) is 1. The molecule has 0 fully saturated rings. The average molecular weight is 235 g/mol. The zero-order valence-electron chi connectivity index (χ0n) is 10.3. The standard InChI is InChI=1S/C14H21NO2/c1-10(3-2-8-16)15-14-7-4-11-9-12(17)5-6-13(11)14/h5-6,9-10,14-17H,2-4,7-8H2,1H3. The Labute approximate surface area is 102 Å². The molecule has 1 aromatic carbocycles. The Morgan fingerprint density at radius 3 is 3.06 bits per heavy atom. The van der Waals surface area contributed by atoms with E-state index in [0.29, 0.717) is 17.8 Å². The maximum absolute atomic E-state index is 9.43. The fraction of sp³-hybridized carbons (Fsp3) is 0.571. The van der Waals surface area contributed by atoms with Crippen molar-refractivity contribution in [1.82, 2.24) is 5.32 Å². The average Bonchev–Trinajstić information content (AvgIpc) is 2.69. The van der Waals surface area contributed by atoms with Gasteiger partial charge in [-0.2, -0.15) is 0 Å². The largest absolute Gasteiger partial charge is 0.508 e. The van der Waals surface area contributed by atoms with E-state index < -0.39 is 0 Å². The first kappa shape index (κ1) is 12.4. The molecule has 2 rings (SSSR count). The molecule has 0 bridgehead atoms. The Bertz CT molecular complexity index is 378. The molecule has 17 heavy (non-hydrogen) atoms. The highest BCUT2D eigenvalue weighted by molar-refractivity contribution is 5.40. The molecule has 1 aromatic rings. The van der Waals surface area contributed by atoms with Crippen LogP contribution in [-0.2, 0) is 6.42 Å². The quantitative estimate of drug-likeness (QED) is 0.733. The second-order valence-corrected chi connectivity index (χ2v) is 4.91. The van der Waals surface area contributed by atoms with Crippen molar-refractivity contribution in [2.75, 3.05) is 6.61 Å². The third-order valence-electron chi connectivity index (χ3n) is 3.49. The molecule has 0 heterocycles. The summed E-state index contributed by atoms with van der Waals surface area (Å²) >= 11 is 0. The lowest BCUT2D eigenvalue weighted by molar-refractivity contribution is 0.273. The van der Waals surface area contributed by atoms with Gasteiger partial charge in [-0.1, -0.05) is 6.07 Å². The van der Waals surface area contributed by atoms with E-state index in [-0.39, 0.29) is 6.61 Å². The molecule has 1 aliphatic carbocycles. The highest BCUT2D eigenvalue weighted by Crippen LogP contribution is 2.33. The summed E-state index contributed by atoms with van der Waals surface area (Å²) in [5, 5.41) is 21.8. The van der Waals surface area contributed by atoms with E-state index in [1.54, 1.807) is 6.07 Å². The second kappa shape index (κ2) is 5.52. The summed E-state index contributed by atoms with van der Waals surface area (Å²) in [5.74, 6) is 0.359. The summed E-state index contributed by atoms with van der Waals surface area (Å²) in [6.45, 7) is 2.43. The van der Waals surface area contributed by atoms with E-state index in [1.165, 1.54) is 11.1 Å². The van der Waals surface area contributed by atoms with Crippen molar-refractivity contribution in [2.45, 2.75) is 44.7 Å². The molecule has 1 aliphatic rings. The number of rotatable bonds is 5. The van der Waals surface area contributed by atoms with Crippen molar-refractivity contribution in [3.8, 4) is 5.75 Å². The Morgan fingerprint density at radius 2 is 2.29 bits per heavy atom. The summed E-state index contributed by atoms with van der Waals surface area (Å²) in [6, 6.07) is 6.48. The van der Waals surface area contributed by atoms with Crippen LogP contribution in [0.5, 0.6) is 5.75 Å². The summed E-state index contributed by atoms with van der Waals surface area (Å²) in [4.78, 5) is 0. The number of phenols is 1. The SMILES string of the molecule is CC(CCCO)NC1CCc2cc(O)ccc21. The summed E-state index contributed by atoms with van der Waals surface area (Å²) in [5.41, 5.74) is 2.58. The van der Waals surface area contributed by atoms with Gasteiger partial charge in [0.15, 0.2) is 0 Å². The zero-order valence-corrected chi connectivity index (χ0v) is 10.3. The molecule has 3 nitrogen and oxygen atoms in total. The molecule has 0 saturated heterocycles. The molecule has 2 unspecified atom stereocenters. The van der Waals surface area contributed by atoms with E-state index in [0.717, 1.165) is 25.7 Å². The normalized spacial score (nSPS) is 20.2. The Kier molecular flexibility index (Phi) is 4.02. The molecule has 0 radical (unpaired) electrons. The van der Waals surface area contributed by atoms with Gasteiger partial charge >= 0.3 is 0 Å². The third kappa shape index (κ3) is 2.99. The van der Waals surface area contributed by atoms with E-state index in [1.807, 2.05) is 12.1 Å². The summed E-state index contributed by atoms with van der Waals surface area (Å²) in [6.07, 6.45) is 3.99. The molecule has 2 atom stereocenters. The van der Waals surface area contributed by atoms with Crippen LogP contribution in [-0.4, -0.2) is 22.9 Å². The zero-order chi connectivity index (χ0) is 12.3. The maximum atomic E-state index is 9.43. The number of benzene rings is 1. The molecule has 3 N–H and O–H groups in total. The first-order chi connectivity index (χ1) is 8.20. The third-order valence-corrected chi connectivity index (χ3v) is 3.49. The van der Waals surface area contributed by atoms with Crippen molar-refractivity contribution in [1.29, 1.82) is 0 Å². The van der Waals surface area contributed by atoms with Crippen molar-refractivity contribution >= 4 is 0 Å². The fourth-order valence-corrected chi connectivity index (χ4v) is 2.60. The van der Waals surface area contributed by atoms with Gasteiger partial charge in [0.25, 0.3) is 0 Å². The van der Waals surface area contributed by atoms with Crippen LogP contribution in [0.3, 0.4) is 0 Å². The van der Waals surface area contributed by atoms with Crippen molar-refractivity contribution in [3.05, 3.63) is 29.3 Å². The minimum absolute atomic E-state index is 0.265. The molecule has 0 spiro atoms. The Morgan fingerprint density at radius 1 is 1.47 bits per heavy atom. The van der Waals surface area contributed by atoms with Crippen LogP contribution >= 0.6 is 0 Å². The van der Waals surface area contributed by atoms with Crippen LogP contribution in [0.25, 0.3) is 0 Å². The number of fused-ring (bicyclic) bond motifs is 1. The molecule has 0 aliphatic heterocycles. The van der Waals surface area contributed by atoms with E-state index in [2.05, 4.69) is 12.2 Å². The number of hydrogen-bond donors (Lipinski definition) is 3. The van der Waals surface area contributed by atoms with Gasteiger partial charge in [0.1, 0.15) is 5.75 Å². The van der Waals surface area contributed by atoms with Crippen LogP contribution in [0.1, 0.15) is 43.4 Å². The van der Waals surface area contributed by atoms with Crippen molar-refractivity contribution < 1.29 is 10.2 Å². The number of aliphatic hydroxyl groups is 1. The summed E-state index contributed by atoms with van der Waals surface area (Å²) < 4.78 is 0. The predicted octanol–water partition coefficient (Wildman–Crippen LogP) is 2.13.